The van der Waals surface area contributed by atoms with Gasteiger partial charge in [-0.1, -0.05) is 0 Å². The molecule has 0 N–H and O–H groups in total. The molecular weight excluding hydrogens is 330 g/mol. The molecule has 2 aliphatic heterocycles. The Morgan fingerprint density at radius 1 is 1.33 bits per heavy atom. The number of hydrogen-bond acceptors (Lipinski definition) is 7. The van der Waals surface area contributed by atoms with E-state index < -0.39 is 9.84 Å². The number of rotatable bonds is 5. The van der Waals surface area contributed by atoms with Gasteiger partial charge < -0.3 is 14.7 Å². The minimum atomic E-state index is -2.94. The van der Waals surface area contributed by atoms with Crippen molar-refractivity contribution in [3.05, 3.63) is 12.3 Å². The normalized spacial score (nSPS) is 23.3. The predicted molar refractivity (Wildman–Crippen MR) is 92.0 cm³/mol. The molecule has 3 heterocycles. The lowest BCUT2D eigenvalue weighted by molar-refractivity contribution is -0.118. The van der Waals surface area contributed by atoms with Crippen molar-refractivity contribution in [2.75, 3.05) is 54.0 Å². The van der Waals surface area contributed by atoms with E-state index in [-0.39, 0.29) is 17.5 Å². The average Bonchev–Trinajstić information content (AvgIpc) is 2.95. The molecule has 24 heavy (non-hydrogen) atoms. The number of aromatic nitrogens is 2. The van der Waals surface area contributed by atoms with Crippen LogP contribution in [0.5, 0.6) is 0 Å². The Morgan fingerprint density at radius 3 is 2.67 bits per heavy atom. The number of piperazine rings is 1. The first-order chi connectivity index (χ1) is 11.5. The zero-order valence-corrected chi connectivity index (χ0v) is 14.7. The van der Waals surface area contributed by atoms with E-state index in [0.717, 1.165) is 25.3 Å². The van der Waals surface area contributed by atoms with Crippen LogP contribution < -0.4 is 9.80 Å². The first-order valence-corrected chi connectivity index (χ1v) is 10.1. The number of nitrogens with zero attached hydrogens (tertiary/aromatic N) is 5. The smallest absolute Gasteiger partial charge is 0.227 e. The maximum atomic E-state index is 11.8. The molecule has 2 fully saturated rings. The second-order valence-electron chi connectivity index (χ2n) is 6.19. The fourth-order valence-corrected chi connectivity index (χ4v) is 5.02. The van der Waals surface area contributed by atoms with Crippen molar-refractivity contribution >= 4 is 28.0 Å². The molecule has 1 aromatic heterocycles. The molecule has 1 atom stereocenters. The van der Waals surface area contributed by atoms with Gasteiger partial charge in [0.2, 0.25) is 12.4 Å². The van der Waals surface area contributed by atoms with Gasteiger partial charge >= 0.3 is 0 Å². The van der Waals surface area contributed by atoms with E-state index >= 15 is 0 Å². The highest BCUT2D eigenvalue weighted by atomic mass is 32.2. The zero-order chi connectivity index (χ0) is 17.2. The first kappa shape index (κ1) is 16.9. The van der Waals surface area contributed by atoms with E-state index in [0.29, 0.717) is 32.0 Å². The summed E-state index contributed by atoms with van der Waals surface area (Å²) >= 11 is 0. The molecule has 2 saturated heterocycles. The molecule has 9 heteroatoms. The molecular formula is C15H23N5O3S. The van der Waals surface area contributed by atoms with Crippen LogP contribution in [0.15, 0.2) is 12.3 Å². The minimum absolute atomic E-state index is 0.0536. The van der Waals surface area contributed by atoms with Gasteiger partial charge in [0.25, 0.3) is 0 Å². The average molecular weight is 353 g/mol. The van der Waals surface area contributed by atoms with Crippen molar-refractivity contribution in [2.24, 2.45) is 0 Å². The summed E-state index contributed by atoms with van der Waals surface area (Å²) in [6, 6.07) is 1.81. The molecule has 0 bridgehead atoms. The Bertz CT molecular complexity index is 688. The van der Waals surface area contributed by atoms with Gasteiger partial charge in [-0.05, 0) is 19.4 Å². The Labute approximate surface area is 142 Å². The maximum Gasteiger partial charge on any atom is 0.227 e. The molecule has 3 rings (SSSR count). The van der Waals surface area contributed by atoms with Gasteiger partial charge in [0.15, 0.2) is 9.84 Å². The van der Waals surface area contributed by atoms with Crippen LogP contribution in [0.1, 0.15) is 13.3 Å². The number of amides is 1. The number of carbonyl (C=O) groups is 1. The third-order valence-electron chi connectivity index (χ3n) is 4.66. The van der Waals surface area contributed by atoms with Crippen LogP contribution in [-0.4, -0.2) is 80.0 Å². The van der Waals surface area contributed by atoms with E-state index in [9.17, 15) is 13.2 Å². The van der Waals surface area contributed by atoms with Crippen molar-refractivity contribution in [3.8, 4) is 0 Å². The standard InChI is InChI=1S/C15H23N5O3S/c1-2-20(13-4-10-24(22,23)11-13)15-16-5-3-14(17-15)19-8-6-18(12-21)7-9-19/h3,5,12-13H,2,4,6-11H2,1H3. The molecule has 2 aliphatic rings. The summed E-state index contributed by atoms with van der Waals surface area (Å²) in [7, 11) is -2.94. The molecule has 1 unspecified atom stereocenters. The van der Waals surface area contributed by atoms with Crippen LogP contribution in [0.2, 0.25) is 0 Å². The molecule has 0 aliphatic carbocycles. The van der Waals surface area contributed by atoms with Gasteiger partial charge in [-0.2, -0.15) is 4.98 Å². The van der Waals surface area contributed by atoms with Crippen molar-refractivity contribution in [1.29, 1.82) is 0 Å². The van der Waals surface area contributed by atoms with Crippen LogP contribution in [-0.2, 0) is 14.6 Å². The van der Waals surface area contributed by atoms with Gasteiger partial charge in [-0.15, -0.1) is 0 Å². The minimum Gasteiger partial charge on any atom is -0.353 e. The monoisotopic (exact) mass is 353 g/mol. The lowest BCUT2D eigenvalue weighted by atomic mass is 10.2. The van der Waals surface area contributed by atoms with Crippen molar-refractivity contribution in [1.82, 2.24) is 14.9 Å². The molecule has 0 aromatic carbocycles. The van der Waals surface area contributed by atoms with E-state index in [1.807, 2.05) is 17.9 Å². The molecule has 1 aromatic rings. The summed E-state index contributed by atoms with van der Waals surface area (Å²) in [5, 5.41) is 0. The summed E-state index contributed by atoms with van der Waals surface area (Å²) in [6.45, 7) is 5.49. The van der Waals surface area contributed by atoms with Crippen molar-refractivity contribution < 1.29 is 13.2 Å². The molecule has 0 saturated carbocycles. The Balaban J connectivity index is 1.75. The summed E-state index contributed by atoms with van der Waals surface area (Å²) in [5.74, 6) is 1.81. The van der Waals surface area contributed by atoms with E-state index in [1.54, 1.807) is 11.1 Å². The highest BCUT2D eigenvalue weighted by Gasteiger charge is 2.33. The van der Waals surface area contributed by atoms with Crippen LogP contribution in [0.3, 0.4) is 0 Å². The SMILES string of the molecule is CCN(c1nccc(N2CCN(C=O)CC2)n1)C1CCS(=O)(=O)C1. The maximum absolute atomic E-state index is 11.8. The van der Waals surface area contributed by atoms with Crippen molar-refractivity contribution in [2.45, 2.75) is 19.4 Å². The van der Waals surface area contributed by atoms with Gasteiger partial charge in [0.05, 0.1) is 11.5 Å². The second-order valence-corrected chi connectivity index (χ2v) is 8.41. The summed E-state index contributed by atoms with van der Waals surface area (Å²) in [5.41, 5.74) is 0. The fourth-order valence-electron chi connectivity index (χ4n) is 3.29. The number of sulfone groups is 1. The lowest BCUT2D eigenvalue weighted by Crippen LogP contribution is -2.46. The number of anilines is 2. The van der Waals surface area contributed by atoms with Gasteiger partial charge in [0, 0.05) is 45.0 Å². The van der Waals surface area contributed by atoms with Crippen molar-refractivity contribution in [3.63, 3.8) is 0 Å². The molecule has 0 spiro atoms. The number of hydrogen-bond donors (Lipinski definition) is 0. The van der Waals surface area contributed by atoms with Gasteiger partial charge in [-0.25, -0.2) is 13.4 Å². The van der Waals surface area contributed by atoms with Gasteiger partial charge in [0.1, 0.15) is 5.82 Å². The summed E-state index contributed by atoms with van der Waals surface area (Å²) in [4.78, 5) is 25.7. The predicted octanol–water partition coefficient (Wildman–Crippen LogP) is -0.232. The fraction of sp³-hybridized carbons (Fsp3) is 0.667. The van der Waals surface area contributed by atoms with Crippen LogP contribution in [0.25, 0.3) is 0 Å². The summed E-state index contributed by atoms with van der Waals surface area (Å²) < 4.78 is 23.5. The Hall–Kier alpha value is -1.90. The Kier molecular flexibility index (Phi) is 4.88. The molecule has 8 nitrogen and oxygen atoms in total. The lowest BCUT2D eigenvalue weighted by Gasteiger charge is -2.34. The van der Waals surface area contributed by atoms with Crippen LogP contribution >= 0.6 is 0 Å². The summed E-state index contributed by atoms with van der Waals surface area (Å²) in [6.07, 6.45) is 3.22. The molecule has 0 radical (unpaired) electrons. The number of carbonyl (C=O) groups excluding carboxylic acids is 1. The molecule has 132 valence electrons. The zero-order valence-electron chi connectivity index (χ0n) is 13.8. The van der Waals surface area contributed by atoms with Crippen LogP contribution in [0, 0.1) is 0 Å². The van der Waals surface area contributed by atoms with E-state index in [1.165, 1.54) is 0 Å². The third kappa shape index (κ3) is 3.61. The highest BCUT2D eigenvalue weighted by molar-refractivity contribution is 7.91. The quantitative estimate of drug-likeness (QED) is 0.676. The van der Waals surface area contributed by atoms with Gasteiger partial charge in [-0.3, -0.25) is 4.79 Å². The topological polar surface area (TPSA) is 86.7 Å². The second kappa shape index (κ2) is 6.92. The van der Waals surface area contributed by atoms with Crippen LogP contribution in [0.4, 0.5) is 11.8 Å². The molecule has 1 amide bonds. The third-order valence-corrected chi connectivity index (χ3v) is 6.41. The highest BCUT2D eigenvalue weighted by Crippen LogP contribution is 2.23. The van der Waals surface area contributed by atoms with E-state index in [4.69, 9.17) is 0 Å². The Morgan fingerprint density at radius 2 is 2.08 bits per heavy atom. The largest absolute Gasteiger partial charge is 0.353 e. The van der Waals surface area contributed by atoms with E-state index in [2.05, 4.69) is 14.9 Å². The first-order valence-electron chi connectivity index (χ1n) is 8.27.